The van der Waals surface area contributed by atoms with E-state index >= 15 is 0 Å². The Morgan fingerprint density at radius 2 is 1.81 bits per heavy atom. The third-order valence-electron chi connectivity index (χ3n) is 3.23. The van der Waals surface area contributed by atoms with Gasteiger partial charge in [0.05, 0.1) is 5.76 Å². The molecular weight excluding hydrogens is 204 g/mol. The zero-order valence-electron chi connectivity index (χ0n) is 9.29. The minimum Gasteiger partial charge on any atom is -0.512 e. The van der Waals surface area contributed by atoms with Crippen molar-refractivity contribution in [3.63, 3.8) is 0 Å². The summed E-state index contributed by atoms with van der Waals surface area (Å²) in [4.78, 5) is 23.2. The number of hydrogen-bond acceptors (Lipinski definition) is 3. The molecule has 0 aromatic carbocycles. The van der Waals surface area contributed by atoms with E-state index in [9.17, 15) is 14.7 Å². The summed E-state index contributed by atoms with van der Waals surface area (Å²) in [5.74, 6) is 0.323. The van der Waals surface area contributed by atoms with Crippen molar-refractivity contribution in [2.75, 3.05) is 0 Å². The quantitative estimate of drug-likeness (QED) is 0.778. The van der Waals surface area contributed by atoms with Crippen LogP contribution in [-0.4, -0.2) is 16.7 Å². The maximum Gasteiger partial charge on any atom is 0.162 e. The molecule has 0 radical (unpaired) electrons. The number of carbonyl (C=O) groups is 2. The topological polar surface area (TPSA) is 54.4 Å². The molecule has 2 aliphatic rings. The average Bonchev–Trinajstić information content (AvgIpc) is 2.26. The third kappa shape index (κ3) is 2.23. The van der Waals surface area contributed by atoms with Crippen LogP contribution < -0.4 is 0 Å². The molecule has 0 bridgehead atoms. The van der Waals surface area contributed by atoms with Crippen LogP contribution in [0.25, 0.3) is 0 Å². The van der Waals surface area contributed by atoms with E-state index in [0.717, 1.165) is 19.3 Å². The summed E-state index contributed by atoms with van der Waals surface area (Å²) in [6.07, 6.45) is 6.43. The smallest absolute Gasteiger partial charge is 0.162 e. The van der Waals surface area contributed by atoms with Gasteiger partial charge in [0.1, 0.15) is 0 Å². The lowest BCUT2D eigenvalue weighted by Crippen LogP contribution is -2.15. The lowest BCUT2D eigenvalue weighted by molar-refractivity contribution is -0.116. The van der Waals surface area contributed by atoms with Crippen LogP contribution in [0.1, 0.15) is 44.9 Å². The second kappa shape index (κ2) is 4.64. The van der Waals surface area contributed by atoms with E-state index in [4.69, 9.17) is 0 Å². The van der Waals surface area contributed by atoms with Crippen molar-refractivity contribution in [2.45, 2.75) is 44.9 Å². The molecule has 3 heteroatoms. The number of Topliss-reactive ketones (excluding diaryl/α,β-unsaturated/α-hetero) is 2. The lowest BCUT2D eigenvalue weighted by atomic mass is 9.87. The third-order valence-corrected chi connectivity index (χ3v) is 3.23. The molecule has 0 spiro atoms. The van der Waals surface area contributed by atoms with Crippen molar-refractivity contribution in [1.29, 1.82) is 0 Å². The molecule has 0 saturated carbocycles. The highest BCUT2D eigenvalue weighted by atomic mass is 16.3. The zero-order valence-corrected chi connectivity index (χ0v) is 9.29. The number of carbonyl (C=O) groups excluding carboxylic acids is 2. The van der Waals surface area contributed by atoms with Crippen LogP contribution >= 0.6 is 0 Å². The van der Waals surface area contributed by atoms with E-state index in [1.807, 2.05) is 6.08 Å². The Kier molecular flexibility index (Phi) is 3.22. The van der Waals surface area contributed by atoms with Crippen LogP contribution in [0.2, 0.25) is 0 Å². The van der Waals surface area contributed by atoms with Crippen molar-refractivity contribution in [2.24, 2.45) is 0 Å². The maximum absolute atomic E-state index is 11.6. The molecular formula is C13H16O3. The second-order valence-corrected chi connectivity index (χ2v) is 4.42. The van der Waals surface area contributed by atoms with Crippen molar-refractivity contribution >= 4 is 11.6 Å². The first-order valence-corrected chi connectivity index (χ1v) is 5.85. The summed E-state index contributed by atoms with van der Waals surface area (Å²) >= 11 is 0. The van der Waals surface area contributed by atoms with Crippen LogP contribution in [0.5, 0.6) is 0 Å². The molecule has 0 aromatic rings. The molecule has 0 unspecified atom stereocenters. The molecule has 0 atom stereocenters. The van der Waals surface area contributed by atoms with Crippen LogP contribution in [-0.2, 0) is 9.59 Å². The molecule has 2 aliphatic carbocycles. The van der Waals surface area contributed by atoms with E-state index in [1.54, 1.807) is 0 Å². The fraction of sp³-hybridized carbons (Fsp3) is 0.538. The van der Waals surface area contributed by atoms with Gasteiger partial charge < -0.3 is 5.11 Å². The van der Waals surface area contributed by atoms with Crippen LogP contribution in [0, 0.1) is 0 Å². The van der Waals surface area contributed by atoms with Crippen molar-refractivity contribution in [3.05, 3.63) is 23.0 Å². The number of allylic oxidation sites excluding steroid dienone is 4. The molecule has 0 heterocycles. The SMILES string of the molecule is O=C1CCCC=C1CC1=C(O)CCCC1=O. The normalized spacial score (nSPS) is 22.4. The van der Waals surface area contributed by atoms with Gasteiger partial charge in [-0.1, -0.05) is 6.08 Å². The van der Waals surface area contributed by atoms with Crippen LogP contribution in [0.3, 0.4) is 0 Å². The van der Waals surface area contributed by atoms with Gasteiger partial charge in [-0.2, -0.15) is 0 Å². The van der Waals surface area contributed by atoms with Gasteiger partial charge in [-0.05, 0) is 24.8 Å². The number of aliphatic hydroxyl groups excluding tert-OH is 1. The lowest BCUT2D eigenvalue weighted by Gasteiger charge is -2.17. The minimum atomic E-state index is 0.00280. The fourth-order valence-electron chi connectivity index (χ4n) is 2.25. The highest BCUT2D eigenvalue weighted by Crippen LogP contribution is 2.27. The molecule has 16 heavy (non-hydrogen) atoms. The monoisotopic (exact) mass is 220 g/mol. The summed E-state index contributed by atoms with van der Waals surface area (Å²) in [6, 6.07) is 0. The van der Waals surface area contributed by atoms with E-state index < -0.39 is 0 Å². The Morgan fingerprint density at radius 1 is 1.06 bits per heavy atom. The summed E-state index contributed by atoms with van der Waals surface area (Å²) in [5, 5.41) is 9.68. The molecule has 0 fully saturated rings. The van der Waals surface area contributed by atoms with E-state index in [1.165, 1.54) is 0 Å². The number of hydrogen-bond donors (Lipinski definition) is 1. The fourth-order valence-corrected chi connectivity index (χ4v) is 2.25. The standard InChI is InChI=1S/C13H16O3/c14-11-5-2-1-4-9(11)8-10-12(15)6-3-7-13(10)16/h4,15H,1-3,5-8H2. The highest BCUT2D eigenvalue weighted by molar-refractivity contribution is 6.01. The maximum atomic E-state index is 11.6. The van der Waals surface area contributed by atoms with Gasteiger partial charge in [-0.25, -0.2) is 0 Å². The van der Waals surface area contributed by atoms with E-state index in [0.29, 0.717) is 36.8 Å². The summed E-state index contributed by atoms with van der Waals surface area (Å²) in [5.41, 5.74) is 1.18. The molecule has 3 nitrogen and oxygen atoms in total. The van der Waals surface area contributed by atoms with Crippen molar-refractivity contribution in [1.82, 2.24) is 0 Å². The second-order valence-electron chi connectivity index (χ2n) is 4.42. The van der Waals surface area contributed by atoms with E-state index in [2.05, 4.69) is 0 Å². The zero-order chi connectivity index (χ0) is 11.5. The van der Waals surface area contributed by atoms with Gasteiger partial charge >= 0.3 is 0 Å². The predicted octanol–water partition coefficient (Wildman–Crippen LogP) is 2.62. The molecule has 1 N–H and O–H groups in total. The number of aliphatic hydroxyl groups is 1. The van der Waals surface area contributed by atoms with Gasteiger partial charge in [0.25, 0.3) is 0 Å². The minimum absolute atomic E-state index is 0.00280. The Hall–Kier alpha value is -1.38. The van der Waals surface area contributed by atoms with Gasteiger partial charge in [-0.3, -0.25) is 9.59 Å². The van der Waals surface area contributed by atoms with E-state index in [-0.39, 0.29) is 17.3 Å². The molecule has 0 saturated heterocycles. The Balaban J connectivity index is 2.17. The summed E-state index contributed by atoms with van der Waals surface area (Å²) < 4.78 is 0. The largest absolute Gasteiger partial charge is 0.512 e. The van der Waals surface area contributed by atoms with Gasteiger partial charge in [0.2, 0.25) is 0 Å². The van der Waals surface area contributed by atoms with Gasteiger partial charge in [0, 0.05) is 31.3 Å². The van der Waals surface area contributed by atoms with Crippen molar-refractivity contribution in [3.8, 4) is 0 Å². The molecule has 0 aliphatic heterocycles. The first kappa shape index (κ1) is 11.1. The predicted molar refractivity (Wildman–Crippen MR) is 60.1 cm³/mol. The molecule has 2 rings (SSSR count). The average molecular weight is 220 g/mol. The number of rotatable bonds is 2. The Labute approximate surface area is 94.8 Å². The summed E-state index contributed by atoms with van der Waals surface area (Å²) in [6.45, 7) is 0. The van der Waals surface area contributed by atoms with Crippen molar-refractivity contribution < 1.29 is 14.7 Å². The highest BCUT2D eigenvalue weighted by Gasteiger charge is 2.23. The van der Waals surface area contributed by atoms with Gasteiger partial charge in [-0.15, -0.1) is 0 Å². The van der Waals surface area contributed by atoms with Gasteiger partial charge in [0.15, 0.2) is 11.6 Å². The first-order chi connectivity index (χ1) is 7.68. The number of ketones is 2. The van der Waals surface area contributed by atoms with Crippen LogP contribution in [0.15, 0.2) is 23.0 Å². The molecule has 0 aromatic heterocycles. The Morgan fingerprint density at radius 3 is 2.50 bits per heavy atom. The molecule has 86 valence electrons. The Bertz CT molecular complexity index is 388. The first-order valence-electron chi connectivity index (χ1n) is 5.85. The summed E-state index contributed by atoms with van der Waals surface area (Å²) in [7, 11) is 0. The van der Waals surface area contributed by atoms with Crippen LogP contribution in [0.4, 0.5) is 0 Å². The molecule has 0 amide bonds.